The van der Waals surface area contributed by atoms with Crippen molar-refractivity contribution in [3.63, 3.8) is 0 Å². The zero-order valence-corrected chi connectivity index (χ0v) is 12.7. The van der Waals surface area contributed by atoms with E-state index < -0.39 is 5.97 Å². The zero-order valence-electron chi connectivity index (χ0n) is 12.7. The summed E-state index contributed by atoms with van der Waals surface area (Å²) in [4.78, 5) is 10.8. The van der Waals surface area contributed by atoms with Crippen LogP contribution in [0.5, 0.6) is 0 Å². The first-order valence-electron chi connectivity index (χ1n) is 7.70. The van der Waals surface area contributed by atoms with E-state index in [1.807, 2.05) is 12.1 Å². The molecule has 0 aliphatic heterocycles. The third kappa shape index (κ3) is 6.20. The zero-order chi connectivity index (χ0) is 14.8. The van der Waals surface area contributed by atoms with E-state index in [9.17, 15) is 4.79 Å². The average molecular weight is 277 g/mol. The lowest BCUT2D eigenvalue weighted by atomic mass is 9.97. The molecule has 0 heterocycles. The van der Waals surface area contributed by atoms with Gasteiger partial charge in [0.15, 0.2) is 0 Å². The molecule has 0 aliphatic rings. The average Bonchev–Trinajstić information content (AvgIpc) is 2.45. The minimum atomic E-state index is -0.868. The van der Waals surface area contributed by atoms with Gasteiger partial charge in [0.1, 0.15) is 0 Å². The predicted octanol–water partition coefficient (Wildman–Crippen LogP) is 4.08. The smallest absolute Gasteiger partial charge is 0.335 e. The fourth-order valence-electron chi connectivity index (χ4n) is 2.44. The summed E-state index contributed by atoms with van der Waals surface area (Å²) in [5, 5.41) is 12.3. The highest BCUT2D eigenvalue weighted by molar-refractivity contribution is 5.87. The van der Waals surface area contributed by atoms with E-state index in [0.29, 0.717) is 5.56 Å². The number of carboxylic acid groups (broad SMARTS) is 1. The van der Waals surface area contributed by atoms with Gasteiger partial charge in [-0.3, -0.25) is 0 Å². The highest BCUT2D eigenvalue weighted by Gasteiger charge is 2.07. The van der Waals surface area contributed by atoms with E-state index >= 15 is 0 Å². The summed E-state index contributed by atoms with van der Waals surface area (Å²) in [6, 6.07) is 7.11. The molecule has 20 heavy (non-hydrogen) atoms. The summed E-state index contributed by atoms with van der Waals surface area (Å²) in [6.07, 6.45) is 6.39. The van der Waals surface area contributed by atoms with E-state index in [1.165, 1.54) is 32.1 Å². The SMILES string of the molecule is CCCCC(CCC)CNCc1ccc(C(=O)O)cc1. The Kier molecular flexibility index (Phi) is 7.97. The van der Waals surface area contributed by atoms with Gasteiger partial charge in [-0.05, 0) is 43.0 Å². The molecule has 0 saturated heterocycles. The van der Waals surface area contributed by atoms with Gasteiger partial charge in [0.25, 0.3) is 0 Å². The van der Waals surface area contributed by atoms with Gasteiger partial charge < -0.3 is 10.4 Å². The van der Waals surface area contributed by atoms with Gasteiger partial charge in [-0.25, -0.2) is 4.79 Å². The van der Waals surface area contributed by atoms with Crippen LogP contribution in [0.15, 0.2) is 24.3 Å². The Morgan fingerprint density at radius 2 is 1.85 bits per heavy atom. The van der Waals surface area contributed by atoms with E-state index in [0.717, 1.165) is 24.6 Å². The molecule has 0 aliphatic carbocycles. The lowest BCUT2D eigenvalue weighted by Crippen LogP contribution is -2.22. The summed E-state index contributed by atoms with van der Waals surface area (Å²) in [5.41, 5.74) is 1.49. The number of rotatable bonds is 10. The normalized spacial score (nSPS) is 12.3. The second-order valence-electron chi connectivity index (χ2n) is 5.43. The van der Waals surface area contributed by atoms with Gasteiger partial charge in [0, 0.05) is 6.54 Å². The van der Waals surface area contributed by atoms with Crippen LogP contribution in [0.2, 0.25) is 0 Å². The molecule has 0 fully saturated rings. The molecule has 1 aromatic rings. The van der Waals surface area contributed by atoms with Crippen LogP contribution in [-0.2, 0) is 6.54 Å². The van der Waals surface area contributed by atoms with Crippen molar-refractivity contribution < 1.29 is 9.90 Å². The van der Waals surface area contributed by atoms with Crippen molar-refractivity contribution >= 4 is 5.97 Å². The fraction of sp³-hybridized carbons (Fsp3) is 0.588. The molecule has 1 rings (SSSR count). The number of benzene rings is 1. The Bertz CT molecular complexity index is 386. The van der Waals surface area contributed by atoms with Gasteiger partial charge in [0.2, 0.25) is 0 Å². The number of unbranched alkanes of at least 4 members (excludes halogenated alkanes) is 1. The highest BCUT2D eigenvalue weighted by Crippen LogP contribution is 2.14. The summed E-state index contributed by atoms with van der Waals surface area (Å²) >= 11 is 0. The number of aromatic carboxylic acids is 1. The quantitative estimate of drug-likeness (QED) is 0.677. The minimum absolute atomic E-state index is 0.348. The molecular weight excluding hydrogens is 250 g/mol. The lowest BCUT2D eigenvalue weighted by Gasteiger charge is -2.16. The van der Waals surface area contributed by atoms with Crippen molar-refractivity contribution in [1.82, 2.24) is 5.32 Å². The summed E-state index contributed by atoms with van der Waals surface area (Å²) in [6.45, 7) is 6.34. The molecular formula is C17H27NO2. The van der Waals surface area contributed by atoms with Crippen LogP contribution in [0, 0.1) is 5.92 Å². The second-order valence-corrected chi connectivity index (χ2v) is 5.43. The van der Waals surface area contributed by atoms with E-state index in [1.54, 1.807) is 12.1 Å². The molecule has 0 radical (unpaired) electrons. The van der Waals surface area contributed by atoms with Gasteiger partial charge in [-0.1, -0.05) is 45.2 Å². The maximum atomic E-state index is 10.8. The Labute approximate surface area is 122 Å². The van der Waals surface area contributed by atoms with E-state index in [4.69, 9.17) is 5.11 Å². The lowest BCUT2D eigenvalue weighted by molar-refractivity contribution is 0.0697. The number of carboxylic acids is 1. The van der Waals surface area contributed by atoms with Crippen LogP contribution in [0.4, 0.5) is 0 Å². The topological polar surface area (TPSA) is 49.3 Å². The molecule has 1 atom stereocenters. The second kappa shape index (κ2) is 9.54. The number of hydrogen-bond acceptors (Lipinski definition) is 2. The molecule has 0 aromatic heterocycles. The summed E-state index contributed by atoms with van der Waals surface area (Å²) in [5.74, 6) is -0.106. The summed E-state index contributed by atoms with van der Waals surface area (Å²) in [7, 11) is 0. The van der Waals surface area contributed by atoms with Crippen LogP contribution >= 0.6 is 0 Å². The monoisotopic (exact) mass is 277 g/mol. The molecule has 0 amide bonds. The Morgan fingerprint density at radius 1 is 1.15 bits per heavy atom. The standard InChI is InChI=1S/C17H27NO2/c1-3-5-7-14(6-4-2)12-18-13-15-8-10-16(11-9-15)17(19)20/h8-11,14,18H,3-7,12-13H2,1-2H3,(H,19,20). The predicted molar refractivity (Wildman–Crippen MR) is 83.0 cm³/mol. The first-order valence-corrected chi connectivity index (χ1v) is 7.70. The Balaban J connectivity index is 2.35. The molecule has 1 aromatic carbocycles. The molecule has 3 nitrogen and oxygen atoms in total. The van der Waals surface area contributed by atoms with Crippen molar-refractivity contribution in [3.05, 3.63) is 35.4 Å². The van der Waals surface area contributed by atoms with Crippen LogP contribution in [-0.4, -0.2) is 17.6 Å². The van der Waals surface area contributed by atoms with Gasteiger partial charge in [-0.2, -0.15) is 0 Å². The third-order valence-corrected chi connectivity index (χ3v) is 3.63. The maximum Gasteiger partial charge on any atom is 0.335 e. The van der Waals surface area contributed by atoms with Crippen molar-refractivity contribution in [2.75, 3.05) is 6.54 Å². The number of nitrogens with one attached hydrogen (secondary N) is 1. The van der Waals surface area contributed by atoms with Crippen molar-refractivity contribution in [2.45, 2.75) is 52.5 Å². The molecule has 3 heteroatoms. The Morgan fingerprint density at radius 3 is 2.40 bits per heavy atom. The minimum Gasteiger partial charge on any atom is -0.478 e. The summed E-state index contributed by atoms with van der Waals surface area (Å²) < 4.78 is 0. The Hall–Kier alpha value is -1.35. The van der Waals surface area contributed by atoms with Gasteiger partial charge in [-0.15, -0.1) is 0 Å². The first-order chi connectivity index (χ1) is 9.67. The molecule has 0 saturated carbocycles. The van der Waals surface area contributed by atoms with Crippen molar-refractivity contribution in [3.8, 4) is 0 Å². The van der Waals surface area contributed by atoms with E-state index in [-0.39, 0.29) is 0 Å². The van der Waals surface area contributed by atoms with E-state index in [2.05, 4.69) is 19.2 Å². The largest absolute Gasteiger partial charge is 0.478 e. The van der Waals surface area contributed by atoms with Crippen molar-refractivity contribution in [2.24, 2.45) is 5.92 Å². The van der Waals surface area contributed by atoms with Crippen LogP contribution in [0.1, 0.15) is 61.9 Å². The van der Waals surface area contributed by atoms with Crippen molar-refractivity contribution in [1.29, 1.82) is 0 Å². The molecule has 112 valence electrons. The number of carbonyl (C=O) groups is 1. The van der Waals surface area contributed by atoms with Gasteiger partial charge in [0.05, 0.1) is 5.56 Å². The molecule has 0 bridgehead atoms. The number of hydrogen-bond donors (Lipinski definition) is 2. The molecule has 1 unspecified atom stereocenters. The van der Waals surface area contributed by atoms with Crippen LogP contribution in [0.3, 0.4) is 0 Å². The van der Waals surface area contributed by atoms with Crippen LogP contribution < -0.4 is 5.32 Å². The highest BCUT2D eigenvalue weighted by atomic mass is 16.4. The molecule has 2 N–H and O–H groups in total. The fourth-order valence-corrected chi connectivity index (χ4v) is 2.44. The maximum absolute atomic E-state index is 10.8. The van der Waals surface area contributed by atoms with Gasteiger partial charge >= 0.3 is 5.97 Å². The van der Waals surface area contributed by atoms with Crippen LogP contribution in [0.25, 0.3) is 0 Å². The molecule has 0 spiro atoms. The third-order valence-electron chi connectivity index (χ3n) is 3.63. The first kappa shape index (κ1) is 16.7.